The molecule has 0 unspecified atom stereocenters. The smallest absolute Gasteiger partial charge is 0.337 e. The summed E-state index contributed by atoms with van der Waals surface area (Å²) in [5.41, 5.74) is 3.53. The minimum absolute atomic E-state index is 0.279. The summed E-state index contributed by atoms with van der Waals surface area (Å²) in [7, 11) is 1.96. The summed E-state index contributed by atoms with van der Waals surface area (Å²) < 4.78 is 5.19. The number of hydrogen-bond acceptors (Lipinski definition) is 4. The van der Waals surface area contributed by atoms with Crippen LogP contribution in [-0.4, -0.2) is 43.1 Å². The van der Waals surface area contributed by atoms with E-state index in [0.717, 1.165) is 6.54 Å². The Hall–Kier alpha value is -2.34. The molecule has 0 aromatic heterocycles. The minimum atomic E-state index is -0.374. The Kier molecular flexibility index (Phi) is 6.58. The number of carbonyl (C=O) groups excluding carboxylic acids is 2. The molecule has 0 bridgehead atoms. The number of carbonyl (C=O) groups is 2. The standard InChI is InChI=1S/C19H27N3O3/c1-5-15-17(18(23)25-6-2)16(21-19(24)20-15)12-22(4)11-14-9-7-13(3)8-10-14/h7-10,15H,5-6,11-12H2,1-4H3,(H2,20,21,24)/t15-/m1/s1. The molecule has 1 aromatic carbocycles. The number of nitrogens with one attached hydrogen (secondary N) is 2. The van der Waals surface area contributed by atoms with Crippen molar-refractivity contribution >= 4 is 12.0 Å². The van der Waals surface area contributed by atoms with Gasteiger partial charge in [0.25, 0.3) is 0 Å². The second-order valence-corrected chi connectivity index (χ2v) is 6.33. The second-order valence-electron chi connectivity index (χ2n) is 6.33. The lowest BCUT2D eigenvalue weighted by atomic mass is 10.00. The molecule has 25 heavy (non-hydrogen) atoms. The van der Waals surface area contributed by atoms with E-state index in [2.05, 4.69) is 46.7 Å². The first-order chi connectivity index (χ1) is 11.9. The van der Waals surface area contributed by atoms with Crippen LogP contribution in [0.25, 0.3) is 0 Å². The quantitative estimate of drug-likeness (QED) is 0.744. The molecular weight excluding hydrogens is 318 g/mol. The number of rotatable bonds is 7. The normalized spacial score (nSPS) is 17.3. The number of likely N-dealkylation sites (N-methyl/N-ethyl adjacent to an activating group) is 1. The molecule has 1 atom stereocenters. The molecule has 136 valence electrons. The highest BCUT2D eigenvalue weighted by atomic mass is 16.5. The van der Waals surface area contributed by atoms with Gasteiger partial charge in [-0.3, -0.25) is 4.90 Å². The van der Waals surface area contributed by atoms with E-state index in [1.807, 2.05) is 14.0 Å². The van der Waals surface area contributed by atoms with Crippen molar-refractivity contribution in [3.05, 3.63) is 46.7 Å². The fourth-order valence-electron chi connectivity index (χ4n) is 2.92. The summed E-state index contributed by atoms with van der Waals surface area (Å²) in [5, 5.41) is 5.57. The third-order valence-electron chi connectivity index (χ3n) is 4.15. The first-order valence-electron chi connectivity index (χ1n) is 8.66. The lowest BCUT2D eigenvalue weighted by Gasteiger charge is -2.30. The number of amides is 2. The van der Waals surface area contributed by atoms with Gasteiger partial charge in [-0.15, -0.1) is 0 Å². The number of urea groups is 1. The zero-order valence-corrected chi connectivity index (χ0v) is 15.4. The van der Waals surface area contributed by atoms with Crippen LogP contribution < -0.4 is 10.6 Å². The van der Waals surface area contributed by atoms with Gasteiger partial charge in [-0.25, -0.2) is 9.59 Å². The van der Waals surface area contributed by atoms with Gasteiger partial charge in [0.1, 0.15) is 0 Å². The Labute approximate surface area is 149 Å². The molecule has 1 aliphatic rings. The molecule has 2 N–H and O–H groups in total. The van der Waals surface area contributed by atoms with E-state index < -0.39 is 0 Å². The molecule has 6 nitrogen and oxygen atoms in total. The Morgan fingerprint density at radius 2 is 1.88 bits per heavy atom. The SMILES string of the molecule is CCOC(=O)C1=C(CN(C)Cc2ccc(C)cc2)NC(=O)N[C@@H]1CC. The number of esters is 1. The van der Waals surface area contributed by atoms with Gasteiger partial charge in [0.05, 0.1) is 18.2 Å². The van der Waals surface area contributed by atoms with Gasteiger partial charge in [-0.2, -0.15) is 0 Å². The number of hydrogen-bond donors (Lipinski definition) is 2. The van der Waals surface area contributed by atoms with Crippen molar-refractivity contribution in [1.82, 2.24) is 15.5 Å². The maximum atomic E-state index is 12.4. The van der Waals surface area contributed by atoms with Crippen LogP contribution in [0.5, 0.6) is 0 Å². The molecule has 0 radical (unpaired) electrons. The van der Waals surface area contributed by atoms with Crippen LogP contribution in [0.15, 0.2) is 35.5 Å². The van der Waals surface area contributed by atoms with Crippen molar-refractivity contribution in [2.24, 2.45) is 0 Å². The Balaban J connectivity index is 2.19. The highest BCUT2D eigenvalue weighted by Crippen LogP contribution is 2.18. The number of aryl methyl sites for hydroxylation is 1. The van der Waals surface area contributed by atoms with E-state index in [-0.39, 0.29) is 18.0 Å². The van der Waals surface area contributed by atoms with Crippen LogP contribution in [0.2, 0.25) is 0 Å². The second kappa shape index (κ2) is 8.67. The zero-order chi connectivity index (χ0) is 18.4. The van der Waals surface area contributed by atoms with Crippen LogP contribution in [0.1, 0.15) is 31.4 Å². The molecule has 0 spiro atoms. The molecule has 0 fully saturated rings. The predicted octanol–water partition coefficient (Wildman–Crippen LogP) is 2.34. The minimum Gasteiger partial charge on any atom is -0.463 e. The van der Waals surface area contributed by atoms with E-state index in [9.17, 15) is 9.59 Å². The van der Waals surface area contributed by atoms with Gasteiger partial charge >= 0.3 is 12.0 Å². The van der Waals surface area contributed by atoms with Crippen molar-refractivity contribution in [3.63, 3.8) is 0 Å². The predicted molar refractivity (Wildman–Crippen MR) is 96.9 cm³/mol. The molecule has 2 amide bonds. The van der Waals surface area contributed by atoms with E-state index in [4.69, 9.17) is 4.74 Å². The summed E-state index contributed by atoms with van der Waals surface area (Å²) in [5.74, 6) is -0.374. The zero-order valence-electron chi connectivity index (χ0n) is 15.4. The van der Waals surface area contributed by atoms with Gasteiger partial charge in [0.2, 0.25) is 0 Å². The van der Waals surface area contributed by atoms with Crippen molar-refractivity contribution in [1.29, 1.82) is 0 Å². The van der Waals surface area contributed by atoms with E-state index in [1.54, 1.807) is 6.92 Å². The number of nitrogens with zero attached hydrogens (tertiary/aromatic N) is 1. The Morgan fingerprint density at radius 3 is 2.48 bits per heavy atom. The Bertz CT molecular complexity index is 652. The topological polar surface area (TPSA) is 70.7 Å². The molecular formula is C19H27N3O3. The number of ether oxygens (including phenoxy) is 1. The van der Waals surface area contributed by atoms with E-state index in [1.165, 1.54) is 11.1 Å². The molecule has 2 rings (SSSR count). The highest BCUT2D eigenvalue weighted by Gasteiger charge is 2.31. The average Bonchev–Trinajstić information content (AvgIpc) is 2.56. The third-order valence-corrected chi connectivity index (χ3v) is 4.15. The summed E-state index contributed by atoms with van der Waals surface area (Å²) in [6.07, 6.45) is 0.632. The van der Waals surface area contributed by atoms with Gasteiger partial charge in [-0.05, 0) is 32.9 Å². The lowest BCUT2D eigenvalue weighted by molar-refractivity contribution is -0.139. The summed E-state index contributed by atoms with van der Waals surface area (Å²) in [4.78, 5) is 26.4. The molecule has 1 aliphatic heterocycles. The largest absolute Gasteiger partial charge is 0.463 e. The van der Waals surface area contributed by atoms with Crippen LogP contribution in [0, 0.1) is 6.92 Å². The molecule has 0 saturated heterocycles. The highest BCUT2D eigenvalue weighted by molar-refractivity contribution is 5.94. The van der Waals surface area contributed by atoms with Crippen molar-refractivity contribution in [2.45, 2.75) is 39.8 Å². The van der Waals surface area contributed by atoms with Crippen molar-refractivity contribution in [2.75, 3.05) is 20.2 Å². The lowest BCUT2D eigenvalue weighted by Crippen LogP contribution is -2.51. The van der Waals surface area contributed by atoms with Gasteiger partial charge in [0.15, 0.2) is 0 Å². The number of benzene rings is 1. The van der Waals surface area contributed by atoms with E-state index >= 15 is 0 Å². The fourth-order valence-corrected chi connectivity index (χ4v) is 2.92. The molecule has 1 heterocycles. The molecule has 0 saturated carbocycles. The monoisotopic (exact) mass is 345 g/mol. The maximum Gasteiger partial charge on any atom is 0.337 e. The molecule has 0 aliphatic carbocycles. The third kappa shape index (κ3) is 5.06. The fraction of sp³-hybridized carbons (Fsp3) is 0.474. The van der Waals surface area contributed by atoms with Crippen molar-refractivity contribution < 1.29 is 14.3 Å². The summed E-state index contributed by atoms with van der Waals surface area (Å²) in [6.45, 7) is 7.26. The van der Waals surface area contributed by atoms with Crippen molar-refractivity contribution in [3.8, 4) is 0 Å². The molecule has 6 heteroatoms. The first-order valence-corrected chi connectivity index (χ1v) is 8.66. The van der Waals surface area contributed by atoms with Crippen LogP contribution in [0.3, 0.4) is 0 Å². The van der Waals surface area contributed by atoms with Gasteiger partial charge in [-0.1, -0.05) is 36.8 Å². The van der Waals surface area contributed by atoms with Gasteiger partial charge in [0, 0.05) is 18.8 Å². The van der Waals surface area contributed by atoms with Crippen LogP contribution in [-0.2, 0) is 16.1 Å². The van der Waals surface area contributed by atoms with E-state index in [0.29, 0.717) is 30.8 Å². The summed E-state index contributed by atoms with van der Waals surface area (Å²) >= 11 is 0. The maximum absolute atomic E-state index is 12.4. The Morgan fingerprint density at radius 1 is 1.20 bits per heavy atom. The van der Waals surface area contributed by atoms with Gasteiger partial charge < -0.3 is 15.4 Å². The first kappa shape index (κ1) is 19.0. The molecule has 1 aromatic rings. The van der Waals surface area contributed by atoms with Crippen LogP contribution in [0.4, 0.5) is 4.79 Å². The average molecular weight is 345 g/mol. The van der Waals surface area contributed by atoms with Crippen LogP contribution >= 0.6 is 0 Å². The summed E-state index contributed by atoms with van der Waals surface area (Å²) in [6, 6.07) is 7.72.